The first-order valence-electron chi connectivity index (χ1n) is 5.18. The summed E-state index contributed by atoms with van der Waals surface area (Å²) in [5.41, 5.74) is 0.963. The summed E-state index contributed by atoms with van der Waals surface area (Å²) in [5, 5.41) is 0. The molecule has 3 heteroatoms. The third-order valence-corrected chi connectivity index (χ3v) is 2.86. The first kappa shape index (κ1) is 10.0. The molecule has 0 N–H and O–H groups in total. The van der Waals surface area contributed by atoms with E-state index >= 15 is 0 Å². The second-order valence-corrected chi connectivity index (χ2v) is 3.88. The highest BCUT2D eigenvalue weighted by atomic mass is 16.5. The van der Waals surface area contributed by atoms with Crippen LogP contribution in [0.25, 0.3) is 0 Å². The molecule has 1 heterocycles. The van der Waals surface area contributed by atoms with Crippen LogP contribution in [0.15, 0.2) is 24.3 Å². The highest BCUT2D eigenvalue weighted by Crippen LogP contribution is 2.26. The minimum absolute atomic E-state index is 0.159. The molecule has 0 aliphatic carbocycles. The third kappa shape index (κ3) is 1.82. The van der Waals surface area contributed by atoms with E-state index in [1.165, 1.54) is 0 Å². The maximum atomic E-state index is 11.8. The predicted octanol–water partition coefficient (Wildman–Crippen LogP) is 2.07. The summed E-state index contributed by atoms with van der Waals surface area (Å²) in [5.74, 6) is 1.20. The second kappa shape index (κ2) is 3.93. The lowest BCUT2D eigenvalue weighted by Crippen LogP contribution is -2.25. The van der Waals surface area contributed by atoms with E-state index in [9.17, 15) is 4.79 Å². The van der Waals surface area contributed by atoms with E-state index in [1.807, 2.05) is 36.1 Å². The predicted molar refractivity (Wildman–Crippen MR) is 59.1 cm³/mol. The van der Waals surface area contributed by atoms with Gasteiger partial charge >= 0.3 is 0 Å². The number of hydrogen-bond acceptors (Lipinski definition) is 2. The van der Waals surface area contributed by atoms with Crippen LogP contribution < -0.4 is 9.64 Å². The molecule has 3 nitrogen and oxygen atoms in total. The van der Waals surface area contributed by atoms with Gasteiger partial charge < -0.3 is 9.64 Å². The van der Waals surface area contributed by atoms with Gasteiger partial charge in [-0.25, -0.2) is 0 Å². The number of amides is 1. The van der Waals surface area contributed by atoms with E-state index in [-0.39, 0.29) is 11.8 Å². The van der Waals surface area contributed by atoms with Crippen molar-refractivity contribution >= 4 is 11.6 Å². The number of anilines is 1. The molecule has 1 fully saturated rings. The van der Waals surface area contributed by atoms with Crippen LogP contribution >= 0.6 is 0 Å². The zero-order chi connectivity index (χ0) is 10.8. The van der Waals surface area contributed by atoms with Gasteiger partial charge in [0.15, 0.2) is 0 Å². The summed E-state index contributed by atoms with van der Waals surface area (Å²) in [6, 6.07) is 7.61. The molecule has 80 valence electrons. The average molecular weight is 205 g/mol. The average Bonchev–Trinajstić information content (AvgIpc) is 2.60. The molecule has 1 aliphatic rings. The maximum Gasteiger partial charge on any atom is 0.229 e. The fourth-order valence-electron chi connectivity index (χ4n) is 1.84. The number of nitrogens with zero attached hydrogens (tertiary/aromatic N) is 1. The van der Waals surface area contributed by atoms with Crippen LogP contribution in [0, 0.1) is 5.92 Å². The van der Waals surface area contributed by atoms with Crippen molar-refractivity contribution in [3.8, 4) is 5.75 Å². The first-order chi connectivity index (χ1) is 7.22. The van der Waals surface area contributed by atoms with E-state index in [0.717, 1.165) is 24.4 Å². The van der Waals surface area contributed by atoms with Gasteiger partial charge in [-0.1, -0.05) is 6.92 Å². The molecule has 0 bridgehead atoms. The van der Waals surface area contributed by atoms with E-state index in [1.54, 1.807) is 7.11 Å². The molecule has 1 saturated heterocycles. The number of benzene rings is 1. The van der Waals surface area contributed by atoms with Crippen molar-refractivity contribution in [2.24, 2.45) is 5.92 Å². The Labute approximate surface area is 89.7 Å². The van der Waals surface area contributed by atoms with Gasteiger partial charge in [0, 0.05) is 18.2 Å². The van der Waals surface area contributed by atoms with E-state index < -0.39 is 0 Å². The van der Waals surface area contributed by atoms with Crippen LogP contribution in [0.4, 0.5) is 5.69 Å². The molecule has 0 aromatic heterocycles. The molecule has 0 spiro atoms. The van der Waals surface area contributed by atoms with Gasteiger partial charge in [-0.05, 0) is 30.7 Å². The van der Waals surface area contributed by atoms with Crippen molar-refractivity contribution < 1.29 is 9.53 Å². The summed E-state index contributed by atoms with van der Waals surface area (Å²) >= 11 is 0. The van der Waals surface area contributed by atoms with Gasteiger partial charge in [0.1, 0.15) is 5.75 Å². The molecule has 0 unspecified atom stereocenters. The molecule has 0 saturated carbocycles. The summed E-state index contributed by atoms with van der Waals surface area (Å²) < 4.78 is 5.08. The molecule has 2 rings (SSSR count). The highest BCUT2D eigenvalue weighted by molar-refractivity contribution is 5.96. The number of rotatable bonds is 2. The Hall–Kier alpha value is -1.51. The lowest BCUT2D eigenvalue weighted by molar-refractivity contribution is -0.119. The molecular formula is C12H15NO2. The SMILES string of the molecule is COc1ccc(N2CC[C@H](C)C2=O)cc1. The summed E-state index contributed by atoms with van der Waals surface area (Å²) in [6.07, 6.45) is 0.949. The number of methoxy groups -OCH3 is 1. The monoisotopic (exact) mass is 205 g/mol. The largest absolute Gasteiger partial charge is 0.497 e. The van der Waals surface area contributed by atoms with Crippen molar-refractivity contribution in [2.75, 3.05) is 18.6 Å². The molecule has 15 heavy (non-hydrogen) atoms. The molecule has 1 atom stereocenters. The van der Waals surface area contributed by atoms with E-state index in [0.29, 0.717) is 0 Å². The number of ether oxygens (including phenoxy) is 1. The van der Waals surface area contributed by atoms with Crippen LogP contribution in [0.2, 0.25) is 0 Å². The van der Waals surface area contributed by atoms with Crippen molar-refractivity contribution in [3.63, 3.8) is 0 Å². The fraction of sp³-hybridized carbons (Fsp3) is 0.417. The summed E-state index contributed by atoms with van der Waals surface area (Å²) in [6.45, 7) is 2.80. The standard InChI is InChI=1S/C12H15NO2/c1-9-7-8-13(12(9)14)10-3-5-11(15-2)6-4-10/h3-6,9H,7-8H2,1-2H3/t9-/m0/s1. The quantitative estimate of drug-likeness (QED) is 0.739. The Morgan fingerprint density at radius 2 is 2.00 bits per heavy atom. The van der Waals surface area contributed by atoms with Crippen molar-refractivity contribution in [1.82, 2.24) is 0 Å². The number of carbonyl (C=O) groups excluding carboxylic acids is 1. The number of carbonyl (C=O) groups is 1. The Morgan fingerprint density at radius 1 is 1.33 bits per heavy atom. The smallest absolute Gasteiger partial charge is 0.229 e. The minimum atomic E-state index is 0.159. The molecule has 1 aromatic carbocycles. The molecular weight excluding hydrogens is 190 g/mol. The normalized spacial score (nSPS) is 20.8. The van der Waals surface area contributed by atoms with E-state index in [4.69, 9.17) is 4.74 Å². The maximum absolute atomic E-state index is 11.8. The zero-order valence-corrected chi connectivity index (χ0v) is 9.06. The lowest BCUT2D eigenvalue weighted by atomic mass is 10.1. The van der Waals surface area contributed by atoms with Gasteiger partial charge in [0.05, 0.1) is 7.11 Å². The Bertz CT molecular complexity index is 358. The minimum Gasteiger partial charge on any atom is -0.497 e. The Balaban J connectivity index is 2.19. The van der Waals surface area contributed by atoms with Gasteiger partial charge in [-0.2, -0.15) is 0 Å². The third-order valence-electron chi connectivity index (χ3n) is 2.86. The summed E-state index contributed by atoms with van der Waals surface area (Å²) in [4.78, 5) is 13.6. The van der Waals surface area contributed by atoms with Crippen molar-refractivity contribution in [3.05, 3.63) is 24.3 Å². The second-order valence-electron chi connectivity index (χ2n) is 3.88. The van der Waals surface area contributed by atoms with Crippen LogP contribution in [0.3, 0.4) is 0 Å². The van der Waals surface area contributed by atoms with Gasteiger partial charge in [-0.3, -0.25) is 4.79 Å². The van der Waals surface area contributed by atoms with Crippen LogP contribution in [-0.4, -0.2) is 19.6 Å². The molecule has 1 amide bonds. The van der Waals surface area contributed by atoms with Crippen LogP contribution in [-0.2, 0) is 4.79 Å². The highest BCUT2D eigenvalue weighted by Gasteiger charge is 2.28. The van der Waals surface area contributed by atoms with Gasteiger partial charge in [0.25, 0.3) is 0 Å². The lowest BCUT2D eigenvalue weighted by Gasteiger charge is -2.16. The first-order valence-corrected chi connectivity index (χ1v) is 5.18. The van der Waals surface area contributed by atoms with E-state index in [2.05, 4.69) is 0 Å². The van der Waals surface area contributed by atoms with Crippen molar-refractivity contribution in [1.29, 1.82) is 0 Å². The molecule has 1 aliphatic heterocycles. The molecule has 0 radical (unpaired) electrons. The fourth-order valence-corrected chi connectivity index (χ4v) is 1.84. The topological polar surface area (TPSA) is 29.5 Å². The Kier molecular flexibility index (Phi) is 2.62. The zero-order valence-electron chi connectivity index (χ0n) is 9.06. The van der Waals surface area contributed by atoms with Crippen LogP contribution in [0.1, 0.15) is 13.3 Å². The Morgan fingerprint density at radius 3 is 2.47 bits per heavy atom. The van der Waals surface area contributed by atoms with Crippen LogP contribution in [0.5, 0.6) is 5.75 Å². The number of hydrogen-bond donors (Lipinski definition) is 0. The van der Waals surface area contributed by atoms with Crippen molar-refractivity contribution in [2.45, 2.75) is 13.3 Å². The van der Waals surface area contributed by atoms with Gasteiger partial charge in [0.2, 0.25) is 5.91 Å². The molecule has 1 aromatic rings. The summed E-state index contributed by atoms with van der Waals surface area (Å²) in [7, 11) is 1.64. The van der Waals surface area contributed by atoms with Gasteiger partial charge in [-0.15, -0.1) is 0 Å².